The first-order valence-electron chi connectivity index (χ1n) is 7.38. The van der Waals surface area contributed by atoms with Gasteiger partial charge in [-0.05, 0) is 38.1 Å². The van der Waals surface area contributed by atoms with E-state index in [0.717, 1.165) is 5.70 Å². The van der Waals surface area contributed by atoms with Gasteiger partial charge in [0.05, 0.1) is 12.2 Å². The van der Waals surface area contributed by atoms with E-state index in [1.807, 2.05) is 31.0 Å². The molecule has 0 unspecified atom stereocenters. The number of fused-ring (bicyclic) bond motifs is 1. The predicted octanol–water partition coefficient (Wildman–Crippen LogP) is 2.54. The molecule has 0 saturated heterocycles. The zero-order chi connectivity index (χ0) is 17.3. The van der Waals surface area contributed by atoms with Gasteiger partial charge in [-0.3, -0.25) is 10.3 Å². The van der Waals surface area contributed by atoms with E-state index in [9.17, 15) is 8.78 Å². The van der Waals surface area contributed by atoms with Crippen molar-refractivity contribution in [1.82, 2.24) is 10.2 Å². The first-order valence-corrected chi connectivity index (χ1v) is 7.38. The highest BCUT2D eigenvalue weighted by Gasteiger charge is 2.32. The summed E-state index contributed by atoms with van der Waals surface area (Å²) in [6, 6.07) is 4.55. The fourth-order valence-corrected chi connectivity index (χ4v) is 2.76. The number of benzene rings is 1. The van der Waals surface area contributed by atoms with Gasteiger partial charge in [-0.25, -0.2) is 0 Å². The first kappa shape index (κ1) is 16.1. The quantitative estimate of drug-likeness (QED) is 0.679. The zero-order valence-electron chi connectivity index (χ0n) is 13.2. The van der Waals surface area contributed by atoms with E-state index in [0.29, 0.717) is 30.4 Å². The topological polar surface area (TPSA) is 69.9 Å². The lowest BCUT2D eigenvalue weighted by Gasteiger charge is -2.35. The van der Waals surface area contributed by atoms with Crippen molar-refractivity contribution in [2.45, 2.75) is 26.1 Å². The molecule has 0 bridgehead atoms. The van der Waals surface area contributed by atoms with Gasteiger partial charge in [-0.2, -0.15) is 14.0 Å². The maximum atomic E-state index is 12.5. The van der Waals surface area contributed by atoms with Crippen LogP contribution in [0.25, 0.3) is 5.70 Å². The van der Waals surface area contributed by atoms with E-state index >= 15 is 0 Å². The highest BCUT2D eigenvalue weighted by atomic mass is 19.3. The molecule has 1 aromatic rings. The molecular formula is C16H16F2N4O2. The largest absolute Gasteiger partial charge is 0.483 e. The third kappa shape index (κ3) is 3.11. The third-order valence-corrected chi connectivity index (χ3v) is 3.61. The molecular weight excluding hydrogens is 318 g/mol. The average Bonchev–Trinajstić information content (AvgIpc) is 2.94. The number of hydrogen-bond donors (Lipinski definition) is 1. The molecule has 3 rings (SSSR count). The van der Waals surface area contributed by atoms with E-state index < -0.39 is 12.2 Å². The van der Waals surface area contributed by atoms with Crippen molar-refractivity contribution < 1.29 is 18.3 Å². The second kappa shape index (κ2) is 6.00. The molecule has 2 heterocycles. The highest BCUT2D eigenvalue weighted by molar-refractivity contribution is 5.93. The molecule has 1 aromatic carbocycles. The summed E-state index contributed by atoms with van der Waals surface area (Å²) in [7, 11) is 0. The lowest BCUT2D eigenvalue weighted by atomic mass is 9.98. The zero-order valence-corrected chi connectivity index (χ0v) is 13.2. The Morgan fingerprint density at radius 2 is 2.25 bits per heavy atom. The maximum Gasteiger partial charge on any atom is 0.387 e. The number of nitrogens with zero attached hydrogens (tertiary/aromatic N) is 3. The normalized spacial score (nSPS) is 18.2. The molecule has 2 aliphatic heterocycles. The van der Waals surface area contributed by atoms with Crippen LogP contribution in [0.15, 0.2) is 29.3 Å². The van der Waals surface area contributed by atoms with Crippen molar-refractivity contribution in [2.24, 2.45) is 4.99 Å². The molecule has 8 heteroatoms. The summed E-state index contributed by atoms with van der Waals surface area (Å²) in [5, 5.41) is 11.4. The van der Waals surface area contributed by atoms with Gasteiger partial charge in [0.1, 0.15) is 17.1 Å². The fourth-order valence-electron chi connectivity index (χ4n) is 2.76. The lowest BCUT2D eigenvalue weighted by molar-refractivity contribution is -0.0499. The van der Waals surface area contributed by atoms with Gasteiger partial charge in [0, 0.05) is 12.1 Å². The Morgan fingerprint density at radius 1 is 1.46 bits per heavy atom. The minimum absolute atomic E-state index is 0.0453. The first-order chi connectivity index (χ1) is 11.4. The number of aliphatic imine (C=N–C) groups is 1. The van der Waals surface area contributed by atoms with Gasteiger partial charge in [0.25, 0.3) is 0 Å². The standard InChI is InChI=1S/C16H16F2N4O2/c1-16(2)8-12(22-6-5-20-15(22)21-9-19)11-7-10(23-14(17)18)3-4-13(11)24-16/h3-4,7-8,14H,5-6H2,1-2H3,(H,20,21). The third-order valence-electron chi connectivity index (χ3n) is 3.61. The van der Waals surface area contributed by atoms with E-state index in [1.165, 1.54) is 12.1 Å². The molecule has 1 N–H and O–H groups in total. The Kier molecular flexibility index (Phi) is 4.01. The van der Waals surface area contributed by atoms with Gasteiger partial charge in [0.2, 0.25) is 5.96 Å². The van der Waals surface area contributed by atoms with E-state index in [-0.39, 0.29) is 5.75 Å². The number of rotatable bonds is 3. The van der Waals surface area contributed by atoms with E-state index in [2.05, 4.69) is 15.0 Å². The van der Waals surface area contributed by atoms with Crippen molar-refractivity contribution in [2.75, 3.05) is 13.1 Å². The number of alkyl halides is 2. The number of hydrogen-bond acceptors (Lipinski definition) is 6. The fraction of sp³-hybridized carbons (Fsp3) is 0.375. The summed E-state index contributed by atoms with van der Waals surface area (Å²) < 4.78 is 35.4. The van der Waals surface area contributed by atoms with Crippen molar-refractivity contribution in [3.63, 3.8) is 0 Å². The van der Waals surface area contributed by atoms with Crippen LogP contribution in [0.1, 0.15) is 19.4 Å². The number of halogens is 2. The van der Waals surface area contributed by atoms with Crippen LogP contribution in [0.3, 0.4) is 0 Å². The summed E-state index contributed by atoms with van der Waals surface area (Å²) in [5.74, 6) is 1.03. The van der Waals surface area contributed by atoms with Crippen LogP contribution < -0.4 is 14.8 Å². The van der Waals surface area contributed by atoms with Crippen LogP contribution in [-0.2, 0) is 0 Å². The molecule has 0 aliphatic carbocycles. The van der Waals surface area contributed by atoms with Gasteiger partial charge < -0.3 is 14.4 Å². The summed E-state index contributed by atoms with van der Waals surface area (Å²) in [4.78, 5) is 6.08. The van der Waals surface area contributed by atoms with Crippen molar-refractivity contribution >= 4 is 11.7 Å². The Labute approximate surface area is 138 Å². The molecule has 0 saturated carbocycles. The van der Waals surface area contributed by atoms with Gasteiger partial charge in [0.15, 0.2) is 6.19 Å². The number of nitriles is 1. The Bertz CT molecular complexity index is 753. The van der Waals surface area contributed by atoms with Gasteiger partial charge >= 0.3 is 6.61 Å². The molecule has 126 valence electrons. The number of ether oxygens (including phenoxy) is 2. The summed E-state index contributed by atoms with van der Waals surface area (Å²) in [5.41, 5.74) is 0.759. The number of guanidine groups is 1. The molecule has 0 spiro atoms. The van der Waals surface area contributed by atoms with E-state index in [1.54, 1.807) is 6.07 Å². The number of nitrogens with one attached hydrogen (secondary N) is 1. The van der Waals surface area contributed by atoms with Crippen molar-refractivity contribution in [3.8, 4) is 17.7 Å². The van der Waals surface area contributed by atoms with Crippen molar-refractivity contribution in [1.29, 1.82) is 5.26 Å². The van der Waals surface area contributed by atoms with Gasteiger partial charge in [-0.15, -0.1) is 0 Å². The minimum atomic E-state index is -2.90. The van der Waals surface area contributed by atoms with Crippen LogP contribution in [0, 0.1) is 11.5 Å². The van der Waals surface area contributed by atoms with Crippen LogP contribution in [0.5, 0.6) is 11.5 Å². The SMILES string of the molecule is CC1(C)C=C(N2CCN=C2NC#N)c2cc(OC(F)F)ccc2O1. The van der Waals surface area contributed by atoms with Crippen LogP contribution in [0.4, 0.5) is 8.78 Å². The van der Waals surface area contributed by atoms with Crippen LogP contribution in [0.2, 0.25) is 0 Å². The molecule has 0 atom stereocenters. The van der Waals surface area contributed by atoms with Crippen LogP contribution in [-0.4, -0.2) is 36.2 Å². The summed E-state index contributed by atoms with van der Waals surface area (Å²) >= 11 is 0. The molecule has 2 aliphatic rings. The monoisotopic (exact) mass is 334 g/mol. The summed E-state index contributed by atoms with van der Waals surface area (Å²) in [6.45, 7) is 1.99. The smallest absolute Gasteiger partial charge is 0.387 e. The van der Waals surface area contributed by atoms with Crippen molar-refractivity contribution in [3.05, 3.63) is 29.8 Å². The lowest BCUT2D eigenvalue weighted by Crippen LogP contribution is -2.38. The Balaban J connectivity index is 2.03. The molecule has 0 fully saturated rings. The summed E-state index contributed by atoms with van der Waals surface area (Å²) in [6.07, 6.45) is 3.73. The molecule has 0 amide bonds. The second-order valence-electron chi connectivity index (χ2n) is 5.87. The van der Waals surface area contributed by atoms with E-state index in [4.69, 9.17) is 10.00 Å². The van der Waals surface area contributed by atoms with Crippen LogP contribution >= 0.6 is 0 Å². The predicted molar refractivity (Wildman–Crippen MR) is 83.5 cm³/mol. The maximum absolute atomic E-state index is 12.5. The highest BCUT2D eigenvalue weighted by Crippen LogP contribution is 2.40. The second-order valence-corrected chi connectivity index (χ2v) is 5.87. The Hall–Kier alpha value is -2.82. The van der Waals surface area contributed by atoms with Gasteiger partial charge in [-0.1, -0.05) is 0 Å². The molecule has 0 radical (unpaired) electrons. The molecule has 24 heavy (non-hydrogen) atoms. The minimum Gasteiger partial charge on any atom is -0.483 e. The average molecular weight is 334 g/mol. The Morgan fingerprint density at radius 3 is 2.96 bits per heavy atom. The molecule has 6 nitrogen and oxygen atoms in total. The molecule has 0 aromatic heterocycles.